The van der Waals surface area contributed by atoms with Crippen LogP contribution in [-0.2, 0) is 14.3 Å². The van der Waals surface area contributed by atoms with Gasteiger partial charge >= 0.3 is 5.97 Å². The molecule has 2 aliphatic rings. The third-order valence-corrected chi connectivity index (χ3v) is 3.83. The molecule has 0 aromatic carbocycles. The highest BCUT2D eigenvalue weighted by Crippen LogP contribution is 2.25. The van der Waals surface area contributed by atoms with Crippen LogP contribution >= 0.6 is 0 Å². The summed E-state index contributed by atoms with van der Waals surface area (Å²) in [5, 5.41) is 3.35. The van der Waals surface area contributed by atoms with Crippen LogP contribution in [0.3, 0.4) is 0 Å². The number of carbonyl (C=O) groups excluding carboxylic acids is 1. The van der Waals surface area contributed by atoms with Gasteiger partial charge in [0.1, 0.15) is 6.04 Å². The number of nitrogens with one attached hydrogen (secondary N) is 1. The lowest BCUT2D eigenvalue weighted by molar-refractivity contribution is -0.153. The molecule has 18 heavy (non-hydrogen) atoms. The van der Waals surface area contributed by atoms with Crippen molar-refractivity contribution in [3.8, 4) is 0 Å². The number of methoxy groups -OCH3 is 1. The van der Waals surface area contributed by atoms with Crippen molar-refractivity contribution < 1.29 is 14.3 Å². The van der Waals surface area contributed by atoms with Gasteiger partial charge in [-0.2, -0.15) is 0 Å². The lowest BCUT2D eigenvalue weighted by Crippen LogP contribution is -2.50. The molecular weight excluding hydrogens is 232 g/mol. The van der Waals surface area contributed by atoms with Crippen molar-refractivity contribution in [2.24, 2.45) is 0 Å². The van der Waals surface area contributed by atoms with Gasteiger partial charge in [0.2, 0.25) is 0 Å². The summed E-state index contributed by atoms with van der Waals surface area (Å²) in [5.74, 6) is -0.156. The second-order valence-corrected chi connectivity index (χ2v) is 5.17. The van der Waals surface area contributed by atoms with Crippen LogP contribution < -0.4 is 5.32 Å². The van der Waals surface area contributed by atoms with E-state index in [2.05, 4.69) is 17.1 Å². The quantitative estimate of drug-likeness (QED) is 0.740. The number of hydrogen-bond acceptors (Lipinski definition) is 5. The average Bonchev–Trinajstić information content (AvgIpc) is 2.64. The van der Waals surface area contributed by atoms with Crippen molar-refractivity contribution in [2.45, 2.75) is 44.4 Å². The van der Waals surface area contributed by atoms with Crippen molar-refractivity contribution >= 4 is 5.97 Å². The molecule has 0 aromatic heterocycles. The van der Waals surface area contributed by atoms with E-state index in [0.29, 0.717) is 0 Å². The van der Waals surface area contributed by atoms with Gasteiger partial charge in [-0.1, -0.05) is 0 Å². The molecule has 5 heteroatoms. The molecule has 2 heterocycles. The van der Waals surface area contributed by atoms with Crippen LogP contribution in [0, 0.1) is 0 Å². The third-order valence-electron chi connectivity index (χ3n) is 3.83. The molecule has 2 rings (SSSR count). The standard InChI is InChI=1S/C13H24N2O3/c1-10-4-5-11(18-10)12(13(16)17-2)15-8-3-6-14-7-9-15/h10-12,14H,3-9H2,1-2H3. The number of nitrogens with zero attached hydrogens (tertiary/aromatic N) is 1. The number of esters is 1. The first kappa shape index (κ1) is 13.8. The summed E-state index contributed by atoms with van der Waals surface area (Å²) in [6, 6.07) is -0.236. The van der Waals surface area contributed by atoms with Crippen LogP contribution in [-0.4, -0.2) is 62.4 Å². The first-order valence-electron chi connectivity index (χ1n) is 6.90. The average molecular weight is 256 g/mol. The third kappa shape index (κ3) is 3.22. The summed E-state index contributed by atoms with van der Waals surface area (Å²) in [4.78, 5) is 14.3. The summed E-state index contributed by atoms with van der Waals surface area (Å²) in [5.41, 5.74) is 0. The fourth-order valence-electron chi connectivity index (χ4n) is 2.87. The van der Waals surface area contributed by atoms with Gasteiger partial charge in [0.15, 0.2) is 0 Å². The van der Waals surface area contributed by atoms with Crippen LogP contribution in [0.25, 0.3) is 0 Å². The maximum atomic E-state index is 12.1. The predicted molar refractivity (Wildman–Crippen MR) is 68.4 cm³/mol. The van der Waals surface area contributed by atoms with E-state index in [1.54, 1.807) is 0 Å². The van der Waals surface area contributed by atoms with Gasteiger partial charge in [0, 0.05) is 19.6 Å². The van der Waals surface area contributed by atoms with E-state index < -0.39 is 0 Å². The number of ether oxygens (including phenoxy) is 2. The monoisotopic (exact) mass is 256 g/mol. The van der Waals surface area contributed by atoms with E-state index in [9.17, 15) is 4.79 Å². The molecule has 0 bridgehead atoms. The molecule has 104 valence electrons. The normalized spacial score (nSPS) is 31.9. The zero-order chi connectivity index (χ0) is 13.0. The molecule has 2 fully saturated rings. The Labute approximate surface area is 109 Å². The molecule has 1 N–H and O–H groups in total. The Balaban J connectivity index is 2.05. The molecule has 0 spiro atoms. The fourth-order valence-corrected chi connectivity index (χ4v) is 2.87. The summed E-state index contributed by atoms with van der Waals surface area (Å²) in [7, 11) is 1.46. The van der Waals surface area contributed by atoms with Crippen LogP contribution in [0.4, 0.5) is 0 Å². The number of hydrogen-bond donors (Lipinski definition) is 1. The molecule has 0 aromatic rings. The minimum Gasteiger partial charge on any atom is -0.468 e. The first-order chi connectivity index (χ1) is 8.72. The minimum atomic E-state index is -0.236. The summed E-state index contributed by atoms with van der Waals surface area (Å²) in [6.07, 6.45) is 3.29. The van der Waals surface area contributed by atoms with E-state index in [0.717, 1.165) is 45.4 Å². The highest BCUT2D eigenvalue weighted by Gasteiger charge is 2.39. The van der Waals surface area contributed by atoms with Crippen LogP contribution in [0.15, 0.2) is 0 Å². The van der Waals surface area contributed by atoms with E-state index in [4.69, 9.17) is 9.47 Å². The fraction of sp³-hybridized carbons (Fsp3) is 0.923. The van der Waals surface area contributed by atoms with Crippen LogP contribution in [0.1, 0.15) is 26.2 Å². The van der Waals surface area contributed by atoms with Crippen LogP contribution in [0.2, 0.25) is 0 Å². The molecule has 0 radical (unpaired) electrons. The molecule has 0 aliphatic carbocycles. The Morgan fingerprint density at radius 3 is 2.89 bits per heavy atom. The zero-order valence-corrected chi connectivity index (χ0v) is 11.4. The Morgan fingerprint density at radius 2 is 2.22 bits per heavy atom. The number of carbonyl (C=O) groups is 1. The molecular formula is C13H24N2O3. The Bertz CT molecular complexity index is 277. The smallest absolute Gasteiger partial charge is 0.325 e. The largest absolute Gasteiger partial charge is 0.468 e. The van der Waals surface area contributed by atoms with E-state index in [1.165, 1.54) is 7.11 Å². The molecule has 3 atom stereocenters. The highest BCUT2D eigenvalue weighted by atomic mass is 16.5. The Morgan fingerprint density at radius 1 is 1.39 bits per heavy atom. The topological polar surface area (TPSA) is 50.8 Å². The number of rotatable bonds is 3. The van der Waals surface area contributed by atoms with Gasteiger partial charge < -0.3 is 14.8 Å². The van der Waals surface area contributed by atoms with Gasteiger partial charge in [0.05, 0.1) is 19.3 Å². The molecule has 5 nitrogen and oxygen atoms in total. The van der Waals surface area contributed by atoms with Gasteiger partial charge in [-0.25, -0.2) is 0 Å². The minimum absolute atomic E-state index is 0.00875. The first-order valence-corrected chi connectivity index (χ1v) is 6.90. The lowest BCUT2D eigenvalue weighted by Gasteiger charge is -2.32. The predicted octanol–water partition coefficient (Wildman–Crippen LogP) is 0.391. The molecule has 2 aliphatic heterocycles. The maximum absolute atomic E-state index is 12.1. The van der Waals surface area contributed by atoms with Gasteiger partial charge in [0.25, 0.3) is 0 Å². The van der Waals surface area contributed by atoms with E-state index >= 15 is 0 Å². The van der Waals surface area contributed by atoms with Gasteiger partial charge in [-0.3, -0.25) is 9.69 Å². The Kier molecular flexibility index (Phi) is 4.97. The van der Waals surface area contributed by atoms with Gasteiger partial charge in [-0.15, -0.1) is 0 Å². The molecule has 0 amide bonds. The van der Waals surface area contributed by atoms with Crippen molar-refractivity contribution in [3.63, 3.8) is 0 Å². The molecule has 0 saturated carbocycles. The van der Waals surface area contributed by atoms with E-state index in [-0.39, 0.29) is 24.2 Å². The van der Waals surface area contributed by atoms with Crippen molar-refractivity contribution in [1.82, 2.24) is 10.2 Å². The highest BCUT2D eigenvalue weighted by molar-refractivity contribution is 5.76. The Hall–Kier alpha value is -0.650. The zero-order valence-electron chi connectivity index (χ0n) is 11.4. The molecule has 3 unspecified atom stereocenters. The lowest BCUT2D eigenvalue weighted by atomic mass is 10.1. The van der Waals surface area contributed by atoms with Crippen molar-refractivity contribution in [1.29, 1.82) is 0 Å². The second-order valence-electron chi connectivity index (χ2n) is 5.17. The summed E-state index contributed by atoms with van der Waals surface area (Å²) >= 11 is 0. The van der Waals surface area contributed by atoms with Crippen molar-refractivity contribution in [3.05, 3.63) is 0 Å². The molecule has 2 saturated heterocycles. The summed E-state index contributed by atoms with van der Waals surface area (Å²) in [6.45, 7) is 5.83. The van der Waals surface area contributed by atoms with Gasteiger partial charge in [-0.05, 0) is 32.7 Å². The van der Waals surface area contributed by atoms with Crippen LogP contribution in [0.5, 0.6) is 0 Å². The van der Waals surface area contributed by atoms with Crippen molar-refractivity contribution in [2.75, 3.05) is 33.3 Å². The maximum Gasteiger partial charge on any atom is 0.325 e. The second kappa shape index (κ2) is 6.50. The SMILES string of the molecule is COC(=O)C(C1CCC(C)O1)N1CCCNCC1. The summed E-state index contributed by atoms with van der Waals surface area (Å²) < 4.78 is 10.9. The van der Waals surface area contributed by atoms with E-state index in [1.807, 2.05) is 0 Å².